The molecule has 4 nitrogen and oxygen atoms in total. The predicted octanol–water partition coefficient (Wildman–Crippen LogP) is -0.0429. The Balaban J connectivity index is 0. The number of halogens is 1. The second-order valence-electron chi connectivity index (χ2n) is 0.491. The van der Waals surface area contributed by atoms with Gasteiger partial charge in [0.1, 0.15) is 0 Å². The van der Waals surface area contributed by atoms with Gasteiger partial charge >= 0.3 is 10.4 Å². The van der Waals surface area contributed by atoms with E-state index in [1.807, 2.05) is 0 Å². The topological polar surface area (TPSA) is 63.6 Å². The van der Waals surface area contributed by atoms with E-state index in [2.05, 4.69) is 15.6 Å². The van der Waals surface area contributed by atoms with Crippen LogP contribution in [0.4, 0.5) is 0 Å². The Kier molecular flexibility index (Phi) is 5.54. The Morgan fingerprint density at radius 1 is 1.57 bits per heavy atom. The standard InChI is InChI=1S/ClHO4S.Cu/c1-5-6(2,3)4;/h(H,2,3,4);. The summed E-state index contributed by atoms with van der Waals surface area (Å²) in [5, 5.41) is 0. The zero-order valence-corrected chi connectivity index (χ0v) is 5.27. The van der Waals surface area contributed by atoms with Gasteiger partial charge in [0.2, 0.25) is 0 Å². The largest absolute Gasteiger partial charge is 0.413 e. The van der Waals surface area contributed by atoms with Gasteiger partial charge in [-0.3, -0.25) is 4.55 Å². The molecule has 0 fully saturated rings. The molecule has 1 N–H and O–H groups in total. The third-order valence-electron chi connectivity index (χ3n) is 0.0796. The van der Waals surface area contributed by atoms with Crippen molar-refractivity contribution in [3.05, 3.63) is 0 Å². The molecule has 0 atom stereocenters. The molecule has 0 bridgehead atoms. The molecule has 0 unspecified atom stereocenters. The van der Waals surface area contributed by atoms with E-state index in [1.165, 1.54) is 0 Å². The van der Waals surface area contributed by atoms with Crippen molar-refractivity contribution < 1.29 is 33.8 Å². The minimum Gasteiger partial charge on any atom is -0.263 e. The third kappa shape index (κ3) is 10.8. The molecular weight excluding hydrogens is 195 g/mol. The zero-order chi connectivity index (χ0) is 5.21. The summed E-state index contributed by atoms with van der Waals surface area (Å²) in [6.45, 7) is 0. The van der Waals surface area contributed by atoms with Crippen LogP contribution in [0.15, 0.2) is 0 Å². The fourth-order valence-corrected chi connectivity index (χ4v) is 0. The van der Waals surface area contributed by atoms with Crippen LogP contribution in [0, 0.1) is 0 Å². The van der Waals surface area contributed by atoms with Crippen molar-refractivity contribution in [1.29, 1.82) is 0 Å². The summed E-state index contributed by atoms with van der Waals surface area (Å²) >= 11 is 4.14. The smallest absolute Gasteiger partial charge is 0.263 e. The van der Waals surface area contributed by atoms with Gasteiger partial charge in [-0.1, -0.05) is 0 Å². The molecule has 0 amide bonds. The predicted molar refractivity (Wildman–Crippen MR) is 18.5 cm³/mol. The van der Waals surface area contributed by atoms with Crippen LogP contribution in [0.25, 0.3) is 0 Å². The first-order valence-corrected chi connectivity index (χ1v) is 2.51. The Morgan fingerprint density at radius 2 is 1.71 bits per heavy atom. The van der Waals surface area contributed by atoms with Gasteiger partial charge < -0.3 is 0 Å². The van der Waals surface area contributed by atoms with Gasteiger partial charge in [0.25, 0.3) is 0 Å². The molecule has 0 aromatic rings. The van der Waals surface area contributed by atoms with Gasteiger partial charge in [-0.2, -0.15) is 8.42 Å². The molecule has 0 aromatic heterocycles. The quantitative estimate of drug-likeness (QED) is 0.472. The minimum atomic E-state index is -4.40. The molecule has 0 aliphatic carbocycles. The van der Waals surface area contributed by atoms with Gasteiger partial charge in [0.05, 0.1) is 11.9 Å². The molecular formula is HClCuO4S. The summed E-state index contributed by atoms with van der Waals surface area (Å²) in [7, 11) is -4.40. The van der Waals surface area contributed by atoms with E-state index in [0.717, 1.165) is 0 Å². The van der Waals surface area contributed by atoms with Crippen LogP contribution in [-0.4, -0.2) is 13.0 Å². The first-order chi connectivity index (χ1) is 2.56. The van der Waals surface area contributed by atoms with Crippen molar-refractivity contribution in [3.8, 4) is 0 Å². The van der Waals surface area contributed by atoms with E-state index < -0.39 is 10.4 Å². The molecule has 0 saturated carbocycles. The van der Waals surface area contributed by atoms with Crippen molar-refractivity contribution in [1.82, 2.24) is 0 Å². The Bertz CT molecular complexity index is 114. The molecule has 0 aliphatic rings. The molecule has 0 aliphatic heterocycles. The van der Waals surface area contributed by atoms with Gasteiger partial charge in [-0.05, 0) is 0 Å². The van der Waals surface area contributed by atoms with E-state index in [4.69, 9.17) is 4.55 Å². The van der Waals surface area contributed by atoms with Crippen LogP contribution in [0.3, 0.4) is 0 Å². The SMILES string of the molecule is O=S(=O)(O)OCl.[Cu]. The van der Waals surface area contributed by atoms with Crippen molar-refractivity contribution >= 4 is 22.3 Å². The number of rotatable bonds is 1. The number of hydrogen-bond donors (Lipinski definition) is 1. The fourth-order valence-electron chi connectivity index (χ4n) is 0. The molecule has 0 rings (SSSR count). The molecule has 7 heavy (non-hydrogen) atoms. The first-order valence-electron chi connectivity index (χ1n) is 0.837. The van der Waals surface area contributed by atoms with Crippen LogP contribution in [0.5, 0.6) is 0 Å². The summed E-state index contributed by atoms with van der Waals surface area (Å²) in [6, 6.07) is 0. The monoisotopic (exact) mass is 195 g/mol. The van der Waals surface area contributed by atoms with Crippen molar-refractivity contribution in [2.75, 3.05) is 0 Å². The fraction of sp³-hybridized carbons (Fsp3) is 0. The Morgan fingerprint density at radius 3 is 1.71 bits per heavy atom. The van der Waals surface area contributed by atoms with Gasteiger partial charge in [0, 0.05) is 17.1 Å². The van der Waals surface area contributed by atoms with Crippen LogP contribution >= 0.6 is 11.9 Å². The van der Waals surface area contributed by atoms with Gasteiger partial charge in [-0.25, -0.2) is 0 Å². The molecule has 0 heterocycles. The van der Waals surface area contributed by atoms with E-state index >= 15 is 0 Å². The second kappa shape index (κ2) is 3.65. The van der Waals surface area contributed by atoms with Crippen LogP contribution in [-0.2, 0) is 31.2 Å². The minimum absolute atomic E-state index is 0. The van der Waals surface area contributed by atoms with E-state index in [9.17, 15) is 8.42 Å². The average Bonchev–Trinajstić information content (AvgIpc) is 1.35. The average molecular weight is 196 g/mol. The maximum atomic E-state index is 9.20. The number of hydrogen-bond acceptors (Lipinski definition) is 3. The van der Waals surface area contributed by atoms with Crippen LogP contribution in [0.1, 0.15) is 0 Å². The summed E-state index contributed by atoms with van der Waals surface area (Å²) in [4.78, 5) is 0. The van der Waals surface area contributed by atoms with Gasteiger partial charge in [0.15, 0.2) is 0 Å². The van der Waals surface area contributed by atoms with E-state index in [0.29, 0.717) is 0 Å². The maximum absolute atomic E-state index is 9.20. The molecule has 7 heteroatoms. The van der Waals surface area contributed by atoms with Crippen molar-refractivity contribution in [3.63, 3.8) is 0 Å². The summed E-state index contributed by atoms with van der Waals surface area (Å²) in [5.74, 6) is 0. The Labute approximate surface area is 56.4 Å². The van der Waals surface area contributed by atoms with E-state index in [-0.39, 0.29) is 17.1 Å². The summed E-state index contributed by atoms with van der Waals surface area (Å²) in [6.07, 6.45) is 0. The maximum Gasteiger partial charge on any atom is 0.413 e. The molecule has 0 saturated heterocycles. The third-order valence-corrected chi connectivity index (χ3v) is 0.716. The summed E-state index contributed by atoms with van der Waals surface area (Å²) in [5.41, 5.74) is 0. The molecule has 1 radical (unpaired) electrons. The van der Waals surface area contributed by atoms with Crippen molar-refractivity contribution in [2.45, 2.75) is 0 Å². The summed E-state index contributed by atoms with van der Waals surface area (Å²) < 4.78 is 28.8. The van der Waals surface area contributed by atoms with Crippen LogP contribution < -0.4 is 0 Å². The first kappa shape index (κ1) is 10.6. The molecule has 49 valence electrons. The molecule has 0 spiro atoms. The van der Waals surface area contributed by atoms with E-state index in [1.54, 1.807) is 0 Å². The van der Waals surface area contributed by atoms with Crippen LogP contribution in [0.2, 0.25) is 0 Å². The second-order valence-corrected chi connectivity index (χ2v) is 1.85. The Hall–Kier alpha value is 0.679. The van der Waals surface area contributed by atoms with Gasteiger partial charge in [-0.15, -0.1) is 3.74 Å². The zero-order valence-electron chi connectivity index (χ0n) is 2.76. The normalized spacial score (nSPS) is 10.0. The van der Waals surface area contributed by atoms with Crippen molar-refractivity contribution in [2.24, 2.45) is 0 Å². The molecule has 0 aromatic carbocycles.